The van der Waals surface area contributed by atoms with Gasteiger partial charge in [-0.2, -0.15) is 0 Å². The zero-order chi connectivity index (χ0) is 23.4. The molecule has 0 aliphatic carbocycles. The largest absolute Gasteiger partial charge is 0.0616 e. The lowest BCUT2D eigenvalue weighted by Crippen LogP contribution is -1.90. The molecule has 0 bridgehead atoms. The fraction of sp³-hybridized carbons (Fsp3) is 0. The minimum Gasteiger partial charge on any atom is -0.0616 e. The predicted octanol–water partition coefficient (Wildman–Crippen LogP) is 10.3. The van der Waals surface area contributed by atoms with E-state index in [2.05, 4.69) is 121 Å². The van der Waals surface area contributed by atoms with Gasteiger partial charge in [0.15, 0.2) is 0 Å². The highest BCUT2D eigenvalue weighted by atomic mass is 14.2. The zero-order valence-electron chi connectivity index (χ0n) is 19.5. The summed E-state index contributed by atoms with van der Waals surface area (Å²) < 4.78 is 0. The minimum absolute atomic E-state index is 1.29. The van der Waals surface area contributed by atoms with Crippen LogP contribution in [-0.2, 0) is 0 Å². The molecule has 0 aliphatic rings. The molecule has 0 fully saturated rings. The molecule has 0 atom stereocenters. The lowest BCUT2D eigenvalue weighted by Gasteiger charge is -2.18. The van der Waals surface area contributed by atoms with Crippen LogP contribution < -0.4 is 0 Å². The smallest absolute Gasteiger partial charge is 0.00199 e. The van der Waals surface area contributed by atoms with E-state index in [9.17, 15) is 0 Å². The number of rotatable bonds is 0. The second-order valence-electron chi connectivity index (χ2n) is 10.1. The standard InChI is InChI=1S/C36H20/c1-3-9-23-17-31-25(15-21(23)7-1)19-33-29-13-6-12-28-32-18-24-10-4-2-8-22(24)16-26(32)20-34(36(28)29)30-14-5-11-27(31)35(30)33/h1-20H. The van der Waals surface area contributed by atoms with Crippen LogP contribution in [0.4, 0.5) is 0 Å². The van der Waals surface area contributed by atoms with Crippen LogP contribution in [0.1, 0.15) is 0 Å². The Balaban J connectivity index is 1.57. The van der Waals surface area contributed by atoms with Crippen LogP contribution in [0.25, 0.3) is 86.2 Å². The molecule has 0 heterocycles. The maximum Gasteiger partial charge on any atom is -0.00199 e. The first-order chi connectivity index (χ1) is 17.8. The first-order valence-corrected chi connectivity index (χ1v) is 12.6. The van der Waals surface area contributed by atoms with Gasteiger partial charge in [0.1, 0.15) is 0 Å². The maximum atomic E-state index is 2.43. The van der Waals surface area contributed by atoms with E-state index in [-0.39, 0.29) is 0 Å². The molecule has 0 N–H and O–H groups in total. The van der Waals surface area contributed by atoms with Gasteiger partial charge in [0.2, 0.25) is 0 Å². The van der Waals surface area contributed by atoms with Crippen molar-refractivity contribution in [3.8, 4) is 0 Å². The molecule has 0 amide bonds. The average molecular weight is 453 g/mol. The summed E-state index contributed by atoms with van der Waals surface area (Å²) >= 11 is 0. The SMILES string of the molecule is c1ccc2cc3c(cc2c1)cc1c2cccc4c5cc6ccccc6cc5cc(c5cccc3c51)c42. The molecule has 164 valence electrons. The van der Waals surface area contributed by atoms with Crippen LogP contribution in [0.3, 0.4) is 0 Å². The highest BCUT2D eigenvalue weighted by molar-refractivity contribution is 6.39. The number of hydrogen-bond acceptors (Lipinski definition) is 0. The van der Waals surface area contributed by atoms with Crippen LogP contribution in [0.5, 0.6) is 0 Å². The summed E-state index contributed by atoms with van der Waals surface area (Å²) in [6.45, 7) is 0. The van der Waals surface area contributed by atoms with E-state index in [0.717, 1.165) is 0 Å². The lowest BCUT2D eigenvalue weighted by atomic mass is 9.85. The molecule has 0 aromatic heterocycles. The topological polar surface area (TPSA) is 0 Å². The van der Waals surface area contributed by atoms with Crippen molar-refractivity contribution in [2.75, 3.05) is 0 Å². The third kappa shape index (κ3) is 2.29. The van der Waals surface area contributed by atoms with Crippen LogP contribution >= 0.6 is 0 Å². The Morgan fingerprint density at radius 2 is 0.556 bits per heavy atom. The molecule has 0 saturated heterocycles. The van der Waals surface area contributed by atoms with Crippen molar-refractivity contribution in [1.29, 1.82) is 0 Å². The van der Waals surface area contributed by atoms with E-state index >= 15 is 0 Å². The quantitative estimate of drug-likeness (QED) is 0.159. The fourth-order valence-corrected chi connectivity index (χ4v) is 6.68. The Morgan fingerprint density at radius 3 is 0.972 bits per heavy atom. The van der Waals surface area contributed by atoms with Gasteiger partial charge in [0, 0.05) is 0 Å². The third-order valence-electron chi connectivity index (χ3n) is 8.26. The lowest BCUT2D eigenvalue weighted by molar-refractivity contribution is 1.79. The average Bonchev–Trinajstić information content (AvgIpc) is 2.93. The summed E-state index contributed by atoms with van der Waals surface area (Å²) in [5, 5.41) is 21.3. The van der Waals surface area contributed by atoms with Crippen molar-refractivity contribution in [2.45, 2.75) is 0 Å². The molecule has 0 saturated carbocycles. The summed E-state index contributed by atoms with van der Waals surface area (Å²) in [7, 11) is 0. The molecule has 0 nitrogen and oxygen atoms in total. The molecule has 9 rings (SSSR count). The van der Waals surface area contributed by atoms with Gasteiger partial charge in [-0.15, -0.1) is 0 Å². The van der Waals surface area contributed by atoms with Crippen molar-refractivity contribution < 1.29 is 0 Å². The van der Waals surface area contributed by atoms with Gasteiger partial charge < -0.3 is 0 Å². The normalized spacial score (nSPS) is 12.4. The van der Waals surface area contributed by atoms with Crippen LogP contribution in [0, 0.1) is 0 Å². The van der Waals surface area contributed by atoms with E-state index in [1.807, 2.05) is 0 Å². The van der Waals surface area contributed by atoms with Gasteiger partial charge in [0.25, 0.3) is 0 Å². The summed E-state index contributed by atoms with van der Waals surface area (Å²) in [5.74, 6) is 0. The van der Waals surface area contributed by atoms with Crippen molar-refractivity contribution in [3.05, 3.63) is 121 Å². The molecular weight excluding hydrogens is 432 g/mol. The molecular formula is C36H20. The second kappa shape index (κ2) is 6.50. The van der Waals surface area contributed by atoms with Crippen molar-refractivity contribution in [3.63, 3.8) is 0 Å². The summed E-state index contributed by atoms with van der Waals surface area (Å²) in [6.07, 6.45) is 0. The van der Waals surface area contributed by atoms with Gasteiger partial charge in [-0.25, -0.2) is 0 Å². The Labute approximate surface area is 207 Å². The predicted molar refractivity (Wildman–Crippen MR) is 158 cm³/mol. The molecule has 0 unspecified atom stereocenters. The molecule has 0 radical (unpaired) electrons. The third-order valence-corrected chi connectivity index (χ3v) is 8.26. The van der Waals surface area contributed by atoms with Crippen molar-refractivity contribution in [1.82, 2.24) is 0 Å². The number of hydrogen-bond donors (Lipinski definition) is 0. The van der Waals surface area contributed by atoms with E-state index in [1.165, 1.54) is 86.2 Å². The first kappa shape index (κ1) is 18.6. The summed E-state index contributed by atoms with van der Waals surface area (Å²) in [5.41, 5.74) is 0. The van der Waals surface area contributed by atoms with Crippen molar-refractivity contribution >= 4 is 86.2 Å². The fourth-order valence-electron chi connectivity index (χ4n) is 6.68. The minimum atomic E-state index is 1.29. The van der Waals surface area contributed by atoms with Gasteiger partial charge in [-0.3, -0.25) is 0 Å². The van der Waals surface area contributed by atoms with Crippen LogP contribution in [0.15, 0.2) is 121 Å². The van der Waals surface area contributed by atoms with E-state index in [0.29, 0.717) is 0 Å². The van der Waals surface area contributed by atoms with Gasteiger partial charge in [-0.1, -0.05) is 84.9 Å². The first-order valence-electron chi connectivity index (χ1n) is 12.6. The molecule has 0 heteroatoms. The Bertz CT molecular complexity index is 2190. The number of benzene rings is 9. The van der Waals surface area contributed by atoms with Crippen molar-refractivity contribution in [2.24, 2.45) is 0 Å². The molecule has 9 aromatic rings. The highest BCUT2D eigenvalue weighted by Gasteiger charge is 2.17. The monoisotopic (exact) mass is 452 g/mol. The highest BCUT2D eigenvalue weighted by Crippen LogP contribution is 2.45. The summed E-state index contributed by atoms with van der Waals surface area (Å²) in [4.78, 5) is 0. The number of fused-ring (bicyclic) bond motifs is 8. The van der Waals surface area contributed by atoms with Gasteiger partial charge in [0.05, 0.1) is 0 Å². The van der Waals surface area contributed by atoms with Gasteiger partial charge >= 0.3 is 0 Å². The van der Waals surface area contributed by atoms with E-state index in [4.69, 9.17) is 0 Å². The van der Waals surface area contributed by atoms with Gasteiger partial charge in [-0.05, 0) is 123 Å². The maximum absolute atomic E-state index is 2.43. The Hall–Kier alpha value is -4.68. The summed E-state index contributed by atoms with van der Waals surface area (Å²) in [6, 6.07) is 45.4. The Morgan fingerprint density at radius 1 is 0.222 bits per heavy atom. The van der Waals surface area contributed by atoms with E-state index < -0.39 is 0 Å². The van der Waals surface area contributed by atoms with Crippen LogP contribution in [-0.4, -0.2) is 0 Å². The Kier molecular flexibility index (Phi) is 3.36. The molecule has 36 heavy (non-hydrogen) atoms. The van der Waals surface area contributed by atoms with E-state index in [1.54, 1.807) is 0 Å². The molecule has 9 aromatic carbocycles. The van der Waals surface area contributed by atoms with Crippen LogP contribution in [0.2, 0.25) is 0 Å². The molecule has 0 spiro atoms. The molecule has 0 aliphatic heterocycles. The zero-order valence-corrected chi connectivity index (χ0v) is 19.5. The second-order valence-corrected chi connectivity index (χ2v) is 10.1.